The normalized spacial score (nSPS) is 14.5. The average molecular weight is 460 g/mol. The summed E-state index contributed by atoms with van der Waals surface area (Å²) in [5.74, 6) is 1.63. The molecule has 0 atom stereocenters. The molecular weight excluding hydrogens is 424 g/mol. The summed E-state index contributed by atoms with van der Waals surface area (Å²) < 4.78 is 5.43. The summed E-state index contributed by atoms with van der Waals surface area (Å²) in [6.07, 6.45) is 2.15. The first-order valence-electron chi connectivity index (χ1n) is 10.9. The lowest BCUT2D eigenvalue weighted by Gasteiger charge is -2.29. The fourth-order valence-corrected chi connectivity index (χ4v) is 3.56. The standard InChI is InChI=1S/C23H34N6O2S/c1-23(2,32-5)19-16-20(29-12-14-31-15-13-29)27-21(26-19)17-6-8-18(9-7-17)25-22(30)24-10-11-28(3)4/h6-9,16H,10-15H2,1-5H3,(H2,24,25,30)/p+1. The van der Waals surface area contributed by atoms with Crippen LogP contribution in [-0.4, -0.2) is 80.6 Å². The maximum absolute atomic E-state index is 12.1. The topological polar surface area (TPSA) is 82.6 Å². The van der Waals surface area contributed by atoms with Crippen molar-refractivity contribution in [3.05, 3.63) is 36.0 Å². The van der Waals surface area contributed by atoms with Gasteiger partial charge in [-0.1, -0.05) is 0 Å². The number of aromatic nitrogens is 2. The highest BCUT2D eigenvalue weighted by Crippen LogP contribution is 2.29. The van der Waals surface area contributed by atoms with Gasteiger partial charge < -0.3 is 25.2 Å². The van der Waals surface area contributed by atoms with Gasteiger partial charge in [0, 0.05) is 43.5 Å². The average Bonchev–Trinajstić information content (AvgIpc) is 2.79. The minimum Gasteiger partial charge on any atom is -0.378 e. The number of nitrogens with one attached hydrogen (secondary N) is 2. The van der Waals surface area contributed by atoms with Crippen LogP contribution in [0, 0.1) is 0 Å². The minimum atomic E-state index is -0.212. The van der Waals surface area contributed by atoms with Gasteiger partial charge in [-0.15, -0.1) is 0 Å². The van der Waals surface area contributed by atoms with E-state index in [9.17, 15) is 4.79 Å². The van der Waals surface area contributed by atoms with Gasteiger partial charge in [0.15, 0.2) is 10.6 Å². The number of amides is 2. The van der Waals surface area contributed by atoms with Gasteiger partial charge in [-0.3, -0.25) is 0 Å². The molecule has 8 nitrogen and oxygen atoms in total. The number of hydrogen-bond acceptors (Lipinski definition) is 6. The summed E-state index contributed by atoms with van der Waals surface area (Å²) in [7, 11) is 3.95. The highest BCUT2D eigenvalue weighted by atomic mass is 32.2. The molecule has 1 aliphatic rings. The SMILES string of the molecule is C[SH+]C(C)(C)c1cc(N2CCOCC2)nc(-c2ccc(NC(=O)NCCN(C)C)cc2)n1. The van der Waals surface area contributed by atoms with E-state index in [1.165, 1.54) is 11.8 Å². The van der Waals surface area contributed by atoms with E-state index in [2.05, 4.69) is 41.7 Å². The molecule has 1 aliphatic heterocycles. The first-order valence-corrected chi connectivity index (χ1v) is 12.3. The second-order valence-corrected chi connectivity index (χ2v) is 10.1. The number of carbonyl (C=O) groups excluding carboxylic acids is 1. The third kappa shape index (κ3) is 6.57. The number of urea groups is 1. The number of likely N-dealkylation sites (N-methyl/N-ethyl adjacent to an activating group) is 1. The van der Waals surface area contributed by atoms with E-state index in [4.69, 9.17) is 14.7 Å². The van der Waals surface area contributed by atoms with Crippen LogP contribution < -0.4 is 15.5 Å². The Balaban J connectivity index is 1.80. The van der Waals surface area contributed by atoms with Crippen molar-refractivity contribution in [2.75, 3.05) is 70.0 Å². The van der Waals surface area contributed by atoms with Gasteiger partial charge >= 0.3 is 6.03 Å². The van der Waals surface area contributed by atoms with Crippen LogP contribution in [0.25, 0.3) is 11.4 Å². The molecule has 2 aromatic rings. The first-order chi connectivity index (χ1) is 15.3. The van der Waals surface area contributed by atoms with E-state index in [0.717, 1.165) is 42.4 Å². The summed E-state index contributed by atoms with van der Waals surface area (Å²) >= 11 is 1.24. The van der Waals surface area contributed by atoms with Crippen LogP contribution in [-0.2, 0) is 21.2 Å². The summed E-state index contributed by atoms with van der Waals surface area (Å²) in [5, 5.41) is 5.72. The summed E-state index contributed by atoms with van der Waals surface area (Å²) in [6, 6.07) is 9.57. The fourth-order valence-electron chi connectivity index (χ4n) is 3.22. The zero-order chi connectivity index (χ0) is 23.1. The summed E-state index contributed by atoms with van der Waals surface area (Å²) in [5.41, 5.74) is 2.67. The Morgan fingerprint density at radius 1 is 1.19 bits per heavy atom. The van der Waals surface area contributed by atoms with E-state index in [-0.39, 0.29) is 10.8 Å². The van der Waals surface area contributed by atoms with Crippen molar-refractivity contribution in [3.63, 3.8) is 0 Å². The van der Waals surface area contributed by atoms with Crippen molar-refractivity contribution >= 4 is 29.3 Å². The number of rotatable bonds is 8. The predicted molar refractivity (Wildman–Crippen MR) is 134 cm³/mol. The molecule has 1 aromatic carbocycles. The third-order valence-corrected chi connectivity index (χ3v) is 6.83. The Bertz CT molecular complexity index is 898. The second kappa shape index (κ2) is 11.0. The number of hydrogen-bond donors (Lipinski definition) is 2. The molecule has 3 rings (SSSR count). The monoisotopic (exact) mass is 459 g/mol. The smallest absolute Gasteiger partial charge is 0.319 e. The molecule has 9 heteroatoms. The lowest BCUT2D eigenvalue weighted by atomic mass is 10.1. The van der Waals surface area contributed by atoms with E-state index in [1.54, 1.807) is 0 Å². The molecule has 0 spiro atoms. The van der Waals surface area contributed by atoms with Gasteiger partial charge in [0.05, 0.1) is 19.5 Å². The van der Waals surface area contributed by atoms with Gasteiger partial charge in [-0.25, -0.2) is 14.8 Å². The van der Waals surface area contributed by atoms with Crippen LogP contribution in [0.2, 0.25) is 0 Å². The predicted octanol–water partition coefficient (Wildman–Crippen LogP) is 2.34. The van der Waals surface area contributed by atoms with Gasteiger partial charge in [0.2, 0.25) is 0 Å². The summed E-state index contributed by atoms with van der Waals surface area (Å²) in [4.78, 5) is 26.1. The Hall–Kier alpha value is -2.36. The molecule has 32 heavy (non-hydrogen) atoms. The Kier molecular flexibility index (Phi) is 8.33. The van der Waals surface area contributed by atoms with Crippen LogP contribution in [0.4, 0.5) is 16.3 Å². The molecule has 2 heterocycles. The molecule has 0 unspecified atom stereocenters. The second-order valence-electron chi connectivity index (χ2n) is 8.58. The largest absolute Gasteiger partial charge is 0.378 e. The maximum Gasteiger partial charge on any atom is 0.319 e. The summed E-state index contributed by atoms with van der Waals surface area (Å²) in [6.45, 7) is 8.85. The van der Waals surface area contributed by atoms with Crippen molar-refractivity contribution in [3.8, 4) is 11.4 Å². The van der Waals surface area contributed by atoms with Crippen LogP contribution in [0.1, 0.15) is 19.5 Å². The number of anilines is 2. The lowest BCUT2D eigenvalue weighted by Crippen LogP contribution is -2.37. The fraction of sp³-hybridized carbons (Fsp3) is 0.522. The van der Waals surface area contributed by atoms with Gasteiger partial charge in [-0.05, 0) is 64.0 Å². The number of morpholine rings is 1. The molecule has 1 aromatic heterocycles. The molecule has 0 aliphatic carbocycles. The Morgan fingerprint density at radius 3 is 2.50 bits per heavy atom. The number of nitrogens with zero attached hydrogens (tertiary/aromatic N) is 4. The molecule has 1 saturated heterocycles. The quantitative estimate of drug-likeness (QED) is 0.466. The minimum absolute atomic E-state index is 0.0785. The number of thiol groups is 1. The van der Waals surface area contributed by atoms with Gasteiger partial charge in [-0.2, -0.15) is 0 Å². The van der Waals surface area contributed by atoms with Crippen LogP contribution >= 0.6 is 0 Å². The number of ether oxygens (including phenoxy) is 1. The Labute approximate surface area is 195 Å². The van der Waals surface area contributed by atoms with Crippen LogP contribution in [0.3, 0.4) is 0 Å². The number of carbonyl (C=O) groups is 1. The van der Waals surface area contributed by atoms with Crippen LogP contribution in [0.5, 0.6) is 0 Å². The Morgan fingerprint density at radius 2 is 1.88 bits per heavy atom. The molecule has 2 amide bonds. The molecule has 0 saturated carbocycles. The zero-order valence-corrected chi connectivity index (χ0v) is 20.6. The maximum atomic E-state index is 12.1. The van der Waals surface area contributed by atoms with Crippen molar-refractivity contribution in [1.82, 2.24) is 20.2 Å². The van der Waals surface area contributed by atoms with Crippen molar-refractivity contribution in [2.45, 2.75) is 18.6 Å². The van der Waals surface area contributed by atoms with Gasteiger partial charge in [0.25, 0.3) is 0 Å². The molecule has 1 fully saturated rings. The lowest BCUT2D eigenvalue weighted by molar-refractivity contribution is 0.122. The van der Waals surface area contributed by atoms with E-state index >= 15 is 0 Å². The van der Waals surface area contributed by atoms with E-state index < -0.39 is 0 Å². The van der Waals surface area contributed by atoms with E-state index in [0.29, 0.717) is 25.6 Å². The van der Waals surface area contributed by atoms with Crippen molar-refractivity contribution < 1.29 is 9.53 Å². The van der Waals surface area contributed by atoms with Crippen LogP contribution in [0.15, 0.2) is 30.3 Å². The first kappa shape index (κ1) is 24.3. The zero-order valence-electron chi connectivity index (χ0n) is 19.7. The molecular formula is C23H35N6O2S+. The van der Waals surface area contributed by atoms with E-state index in [1.807, 2.05) is 43.3 Å². The molecule has 0 bridgehead atoms. The van der Waals surface area contributed by atoms with Crippen molar-refractivity contribution in [2.24, 2.45) is 0 Å². The molecule has 174 valence electrons. The van der Waals surface area contributed by atoms with Crippen molar-refractivity contribution in [1.29, 1.82) is 0 Å². The number of benzene rings is 1. The molecule has 0 radical (unpaired) electrons. The van der Waals surface area contributed by atoms with Gasteiger partial charge in [0.1, 0.15) is 11.5 Å². The highest BCUT2D eigenvalue weighted by molar-refractivity contribution is 7.78. The molecule has 2 N–H and O–H groups in total. The highest BCUT2D eigenvalue weighted by Gasteiger charge is 2.30. The third-order valence-electron chi connectivity index (χ3n) is 5.48.